The predicted octanol–water partition coefficient (Wildman–Crippen LogP) is 0.207. The highest BCUT2D eigenvalue weighted by Crippen LogP contribution is 2.37. The van der Waals surface area contributed by atoms with Crippen molar-refractivity contribution in [2.75, 3.05) is 17.6 Å². The molecule has 17 heavy (non-hydrogen) atoms. The molecule has 2 rings (SSSR count). The van der Waals surface area contributed by atoms with Gasteiger partial charge in [-0.15, -0.1) is 0 Å². The summed E-state index contributed by atoms with van der Waals surface area (Å²) < 4.78 is 1.35. The summed E-state index contributed by atoms with van der Waals surface area (Å²) in [5.41, 5.74) is 5.23. The smallest absolute Gasteiger partial charge is 0.330 e. The fourth-order valence-corrected chi connectivity index (χ4v) is 1.99. The third-order valence-corrected chi connectivity index (χ3v) is 3.37. The van der Waals surface area contributed by atoms with Crippen molar-refractivity contribution in [2.45, 2.75) is 26.8 Å². The number of hydrogen-bond donors (Lipinski definition) is 3. The number of aromatic amines is 1. The lowest BCUT2D eigenvalue weighted by Crippen LogP contribution is -2.34. The van der Waals surface area contributed by atoms with Crippen molar-refractivity contribution >= 4 is 11.5 Å². The SMILES string of the molecule is CCn1c(N)c(NCC2CC2C)c(=O)[nH]c1=O. The van der Waals surface area contributed by atoms with E-state index in [4.69, 9.17) is 5.73 Å². The van der Waals surface area contributed by atoms with Gasteiger partial charge in [0.1, 0.15) is 11.5 Å². The van der Waals surface area contributed by atoms with Crippen molar-refractivity contribution in [1.29, 1.82) is 0 Å². The first-order valence-corrected chi connectivity index (χ1v) is 5.91. The normalized spacial score (nSPS) is 22.5. The minimum absolute atomic E-state index is 0.217. The van der Waals surface area contributed by atoms with Gasteiger partial charge in [-0.25, -0.2) is 4.79 Å². The molecule has 4 N–H and O–H groups in total. The molecule has 1 heterocycles. The second kappa shape index (κ2) is 4.27. The van der Waals surface area contributed by atoms with Gasteiger partial charge in [-0.1, -0.05) is 6.92 Å². The lowest BCUT2D eigenvalue weighted by molar-refractivity contribution is 0.703. The Balaban J connectivity index is 2.26. The van der Waals surface area contributed by atoms with E-state index in [9.17, 15) is 9.59 Å². The highest BCUT2D eigenvalue weighted by molar-refractivity contribution is 5.60. The number of nitrogens with one attached hydrogen (secondary N) is 2. The van der Waals surface area contributed by atoms with Crippen LogP contribution in [0.5, 0.6) is 0 Å². The van der Waals surface area contributed by atoms with Gasteiger partial charge in [0.2, 0.25) is 0 Å². The van der Waals surface area contributed by atoms with Crippen LogP contribution in [0.3, 0.4) is 0 Å². The fraction of sp³-hybridized carbons (Fsp3) is 0.636. The number of aromatic nitrogens is 2. The number of nitrogen functional groups attached to an aromatic ring is 1. The molecule has 1 aliphatic rings. The number of rotatable bonds is 4. The van der Waals surface area contributed by atoms with Crippen LogP contribution in [0.2, 0.25) is 0 Å². The van der Waals surface area contributed by atoms with Crippen molar-refractivity contribution in [3.05, 3.63) is 20.8 Å². The highest BCUT2D eigenvalue weighted by Gasteiger charge is 2.32. The third kappa shape index (κ3) is 2.20. The summed E-state index contributed by atoms with van der Waals surface area (Å²) in [6.45, 7) is 5.15. The van der Waals surface area contributed by atoms with Crippen molar-refractivity contribution in [3.8, 4) is 0 Å². The molecule has 6 heteroatoms. The van der Waals surface area contributed by atoms with Crippen LogP contribution in [0, 0.1) is 11.8 Å². The minimum Gasteiger partial charge on any atom is -0.383 e. The van der Waals surface area contributed by atoms with Crippen LogP contribution in [-0.4, -0.2) is 16.1 Å². The number of nitrogens with zero attached hydrogens (tertiary/aromatic N) is 1. The molecule has 2 unspecified atom stereocenters. The average Bonchev–Trinajstić information content (AvgIpc) is 2.94. The van der Waals surface area contributed by atoms with Crippen LogP contribution in [-0.2, 0) is 6.54 Å². The van der Waals surface area contributed by atoms with Gasteiger partial charge >= 0.3 is 5.69 Å². The van der Waals surface area contributed by atoms with E-state index in [-0.39, 0.29) is 5.82 Å². The zero-order valence-corrected chi connectivity index (χ0v) is 10.1. The monoisotopic (exact) mass is 238 g/mol. The molecular formula is C11H18N4O2. The van der Waals surface area contributed by atoms with E-state index >= 15 is 0 Å². The quantitative estimate of drug-likeness (QED) is 0.699. The van der Waals surface area contributed by atoms with Crippen molar-refractivity contribution < 1.29 is 0 Å². The standard InChI is InChI=1S/C11H18N4O2/c1-3-15-9(12)8(10(16)14-11(15)17)13-5-7-4-6(7)2/h6-7,13H,3-5,12H2,1-2H3,(H,14,16,17). The van der Waals surface area contributed by atoms with E-state index in [1.807, 2.05) is 6.92 Å². The Hall–Kier alpha value is -1.72. The van der Waals surface area contributed by atoms with E-state index in [2.05, 4.69) is 17.2 Å². The van der Waals surface area contributed by atoms with Gasteiger partial charge in [-0.2, -0.15) is 0 Å². The van der Waals surface area contributed by atoms with E-state index in [1.165, 1.54) is 11.0 Å². The number of anilines is 2. The Morgan fingerprint density at radius 1 is 1.53 bits per heavy atom. The molecule has 94 valence electrons. The Labute approximate surface area is 98.8 Å². The maximum Gasteiger partial charge on any atom is 0.330 e. The molecular weight excluding hydrogens is 220 g/mol. The third-order valence-electron chi connectivity index (χ3n) is 3.37. The first-order valence-electron chi connectivity index (χ1n) is 5.91. The first kappa shape index (κ1) is 11.8. The molecule has 0 aromatic carbocycles. The molecule has 1 aromatic heterocycles. The lowest BCUT2D eigenvalue weighted by atomic mass is 10.3. The predicted molar refractivity (Wildman–Crippen MR) is 67.2 cm³/mol. The molecule has 1 fully saturated rings. The van der Waals surface area contributed by atoms with Crippen LogP contribution >= 0.6 is 0 Å². The van der Waals surface area contributed by atoms with Crippen LogP contribution in [0.25, 0.3) is 0 Å². The molecule has 0 saturated heterocycles. The van der Waals surface area contributed by atoms with Crippen LogP contribution < -0.4 is 22.3 Å². The van der Waals surface area contributed by atoms with Gasteiger partial charge in [0, 0.05) is 13.1 Å². The molecule has 0 aliphatic heterocycles. The average molecular weight is 238 g/mol. The summed E-state index contributed by atoms with van der Waals surface area (Å²) in [6, 6.07) is 0. The second-order valence-corrected chi connectivity index (χ2v) is 4.62. The number of hydrogen-bond acceptors (Lipinski definition) is 4. The zero-order valence-electron chi connectivity index (χ0n) is 10.1. The summed E-state index contributed by atoms with van der Waals surface area (Å²) in [7, 11) is 0. The van der Waals surface area contributed by atoms with E-state index in [0.717, 1.165) is 6.54 Å². The molecule has 1 aliphatic carbocycles. The summed E-state index contributed by atoms with van der Waals surface area (Å²) in [5, 5.41) is 3.05. The van der Waals surface area contributed by atoms with Gasteiger partial charge in [-0.3, -0.25) is 14.3 Å². The van der Waals surface area contributed by atoms with Gasteiger partial charge in [0.25, 0.3) is 5.56 Å². The lowest BCUT2D eigenvalue weighted by Gasteiger charge is -2.12. The van der Waals surface area contributed by atoms with Crippen molar-refractivity contribution in [2.24, 2.45) is 11.8 Å². The molecule has 0 bridgehead atoms. The molecule has 0 radical (unpaired) electrons. The summed E-state index contributed by atoms with van der Waals surface area (Å²) >= 11 is 0. The zero-order chi connectivity index (χ0) is 12.6. The summed E-state index contributed by atoms with van der Waals surface area (Å²) in [6.07, 6.45) is 1.18. The van der Waals surface area contributed by atoms with Crippen LogP contribution in [0.4, 0.5) is 11.5 Å². The van der Waals surface area contributed by atoms with Crippen molar-refractivity contribution in [3.63, 3.8) is 0 Å². The van der Waals surface area contributed by atoms with E-state index < -0.39 is 11.2 Å². The van der Waals surface area contributed by atoms with E-state index in [1.54, 1.807) is 0 Å². The first-order chi connectivity index (χ1) is 8.04. The Morgan fingerprint density at radius 2 is 2.18 bits per heavy atom. The summed E-state index contributed by atoms with van der Waals surface area (Å²) in [4.78, 5) is 25.3. The second-order valence-electron chi connectivity index (χ2n) is 4.62. The van der Waals surface area contributed by atoms with Gasteiger partial charge in [-0.05, 0) is 25.2 Å². The Kier molecular flexibility index (Phi) is 2.95. The van der Waals surface area contributed by atoms with Crippen LogP contribution in [0.1, 0.15) is 20.3 Å². The van der Waals surface area contributed by atoms with Crippen LogP contribution in [0.15, 0.2) is 9.59 Å². The Morgan fingerprint density at radius 3 is 2.71 bits per heavy atom. The fourth-order valence-electron chi connectivity index (χ4n) is 1.99. The van der Waals surface area contributed by atoms with Gasteiger partial charge in [0.15, 0.2) is 0 Å². The molecule has 1 aromatic rings. The van der Waals surface area contributed by atoms with Gasteiger partial charge in [0.05, 0.1) is 0 Å². The summed E-state index contributed by atoms with van der Waals surface area (Å²) in [5.74, 6) is 1.53. The molecule has 2 atom stereocenters. The maximum absolute atomic E-state index is 11.6. The number of H-pyrrole nitrogens is 1. The van der Waals surface area contributed by atoms with E-state index in [0.29, 0.717) is 24.1 Å². The van der Waals surface area contributed by atoms with Gasteiger partial charge < -0.3 is 11.1 Å². The molecule has 6 nitrogen and oxygen atoms in total. The number of nitrogens with two attached hydrogens (primary N) is 1. The highest BCUT2D eigenvalue weighted by atomic mass is 16.2. The topological polar surface area (TPSA) is 92.9 Å². The molecule has 0 amide bonds. The maximum atomic E-state index is 11.6. The molecule has 1 saturated carbocycles. The van der Waals surface area contributed by atoms with Crippen molar-refractivity contribution in [1.82, 2.24) is 9.55 Å². The minimum atomic E-state index is -0.458. The molecule has 0 spiro atoms. The largest absolute Gasteiger partial charge is 0.383 e. The Bertz CT molecular complexity index is 531.